The number of carboxylic acid groups (broad SMARTS) is 1. The fourth-order valence-electron chi connectivity index (χ4n) is 2.23. The number of aliphatic carboxylic acids is 1. The van der Waals surface area contributed by atoms with Crippen LogP contribution in [0.3, 0.4) is 0 Å². The fraction of sp³-hybridized carbons (Fsp3) is 0.429. The van der Waals surface area contributed by atoms with Crippen LogP contribution in [0.1, 0.15) is 11.8 Å². The van der Waals surface area contributed by atoms with Crippen LogP contribution in [0.5, 0.6) is 0 Å². The lowest BCUT2D eigenvalue weighted by atomic mass is 10.2. The first-order chi connectivity index (χ1) is 10.9. The fourth-order valence-corrected chi connectivity index (χ4v) is 2.98. The van der Waals surface area contributed by atoms with Crippen LogP contribution in [0.15, 0.2) is 17.5 Å². The first-order valence-electron chi connectivity index (χ1n) is 7.10. The minimum Gasteiger partial charge on any atom is -0.480 e. The number of likely N-dealkylation sites (N-methyl/N-ethyl adjacent to an activating group) is 1. The summed E-state index contributed by atoms with van der Waals surface area (Å²) in [7, 11) is 0. The molecule has 1 fully saturated rings. The quantitative estimate of drug-likeness (QED) is 0.742. The smallest absolute Gasteiger partial charge is 0.326 e. The molecule has 23 heavy (non-hydrogen) atoms. The lowest BCUT2D eigenvalue weighted by molar-refractivity contribution is -0.153. The van der Waals surface area contributed by atoms with Crippen molar-refractivity contribution in [3.05, 3.63) is 22.4 Å². The number of thiophene rings is 1. The van der Waals surface area contributed by atoms with Crippen molar-refractivity contribution in [3.8, 4) is 0 Å². The first kappa shape index (κ1) is 16.9. The number of piperazine rings is 1. The van der Waals surface area contributed by atoms with Crippen molar-refractivity contribution in [2.75, 3.05) is 19.6 Å². The molecule has 1 aromatic heterocycles. The van der Waals surface area contributed by atoms with E-state index in [1.165, 1.54) is 16.2 Å². The molecule has 9 heteroatoms. The average Bonchev–Trinajstić information content (AvgIpc) is 3.02. The number of carbonyl (C=O) groups is 4. The predicted octanol–water partition coefficient (Wildman–Crippen LogP) is 0.144. The molecule has 0 saturated carbocycles. The Labute approximate surface area is 136 Å². The van der Waals surface area contributed by atoms with E-state index in [0.717, 1.165) is 9.78 Å². The zero-order chi connectivity index (χ0) is 17.0. The third-order valence-electron chi connectivity index (χ3n) is 3.52. The van der Waals surface area contributed by atoms with Gasteiger partial charge in [-0.3, -0.25) is 14.5 Å². The highest BCUT2D eigenvalue weighted by Crippen LogP contribution is 2.12. The van der Waals surface area contributed by atoms with Gasteiger partial charge >= 0.3 is 23.8 Å². The highest BCUT2D eigenvalue weighted by atomic mass is 32.1. The van der Waals surface area contributed by atoms with Crippen molar-refractivity contribution >= 4 is 35.2 Å². The molecular weight excluding hydrogens is 322 g/mol. The summed E-state index contributed by atoms with van der Waals surface area (Å²) in [5.74, 6) is -2.88. The molecule has 2 heterocycles. The van der Waals surface area contributed by atoms with Gasteiger partial charge in [0.15, 0.2) is 0 Å². The minimum absolute atomic E-state index is 0.0512. The molecule has 1 atom stereocenters. The number of carboxylic acids is 1. The number of nitrogens with zero attached hydrogens (tertiary/aromatic N) is 2. The van der Waals surface area contributed by atoms with E-state index in [1.54, 1.807) is 19.1 Å². The highest BCUT2D eigenvalue weighted by Gasteiger charge is 2.36. The summed E-state index contributed by atoms with van der Waals surface area (Å²) in [6.07, 6.45) is 0.121. The summed E-state index contributed by atoms with van der Waals surface area (Å²) < 4.78 is 0. The molecule has 0 radical (unpaired) electrons. The molecule has 4 amide bonds. The molecule has 0 bridgehead atoms. The van der Waals surface area contributed by atoms with Crippen molar-refractivity contribution in [1.29, 1.82) is 0 Å². The Kier molecular flexibility index (Phi) is 5.32. The van der Waals surface area contributed by atoms with Gasteiger partial charge in [0.05, 0.1) is 0 Å². The Morgan fingerprint density at radius 2 is 2.09 bits per heavy atom. The summed E-state index contributed by atoms with van der Waals surface area (Å²) in [4.78, 5) is 50.1. The molecule has 0 aliphatic carbocycles. The van der Waals surface area contributed by atoms with Gasteiger partial charge < -0.3 is 15.3 Å². The lowest BCUT2D eigenvalue weighted by Gasteiger charge is -2.32. The Morgan fingerprint density at radius 1 is 1.35 bits per heavy atom. The zero-order valence-corrected chi connectivity index (χ0v) is 13.3. The maximum absolute atomic E-state index is 12.2. The second-order valence-corrected chi connectivity index (χ2v) is 6.00. The van der Waals surface area contributed by atoms with E-state index in [2.05, 4.69) is 5.32 Å². The van der Waals surface area contributed by atoms with Gasteiger partial charge in [-0.1, -0.05) is 6.07 Å². The van der Waals surface area contributed by atoms with E-state index in [-0.39, 0.29) is 19.5 Å². The third-order valence-corrected chi connectivity index (χ3v) is 4.42. The third kappa shape index (κ3) is 3.86. The van der Waals surface area contributed by atoms with Crippen LogP contribution in [0.4, 0.5) is 4.79 Å². The van der Waals surface area contributed by atoms with Crippen molar-refractivity contribution in [3.63, 3.8) is 0 Å². The molecule has 8 nitrogen and oxygen atoms in total. The Hall–Kier alpha value is -2.42. The number of amides is 4. The number of hydrogen-bond acceptors (Lipinski definition) is 5. The predicted molar refractivity (Wildman–Crippen MR) is 81.9 cm³/mol. The van der Waals surface area contributed by atoms with Gasteiger partial charge in [0.25, 0.3) is 0 Å². The molecule has 1 aliphatic rings. The number of urea groups is 1. The highest BCUT2D eigenvalue weighted by molar-refractivity contribution is 7.09. The first-order valence-corrected chi connectivity index (χ1v) is 7.98. The van der Waals surface area contributed by atoms with E-state index >= 15 is 0 Å². The van der Waals surface area contributed by atoms with Gasteiger partial charge in [0.2, 0.25) is 0 Å². The van der Waals surface area contributed by atoms with Gasteiger partial charge in [0.1, 0.15) is 6.04 Å². The van der Waals surface area contributed by atoms with Crippen molar-refractivity contribution in [2.24, 2.45) is 0 Å². The van der Waals surface area contributed by atoms with Gasteiger partial charge in [-0.25, -0.2) is 9.59 Å². The van der Waals surface area contributed by atoms with E-state index < -0.39 is 29.9 Å². The molecule has 1 aliphatic heterocycles. The van der Waals surface area contributed by atoms with E-state index in [1.807, 2.05) is 5.38 Å². The topological polar surface area (TPSA) is 107 Å². The second-order valence-electron chi connectivity index (χ2n) is 4.97. The molecule has 124 valence electrons. The summed E-state index contributed by atoms with van der Waals surface area (Å²) in [5.41, 5.74) is 0. The molecule has 2 N–H and O–H groups in total. The largest absolute Gasteiger partial charge is 0.480 e. The van der Waals surface area contributed by atoms with Crippen LogP contribution in [0.2, 0.25) is 0 Å². The SMILES string of the molecule is CCN1CCN(C(=O)NC(Cc2cccs2)C(=O)O)C(=O)C1=O. The Morgan fingerprint density at radius 3 is 2.65 bits per heavy atom. The molecule has 1 aromatic rings. The molecular formula is C14H17N3O5S. The maximum Gasteiger partial charge on any atom is 0.326 e. The summed E-state index contributed by atoms with van der Waals surface area (Å²) in [6.45, 7) is 2.42. The summed E-state index contributed by atoms with van der Waals surface area (Å²) >= 11 is 1.38. The van der Waals surface area contributed by atoms with Gasteiger partial charge in [-0.05, 0) is 18.4 Å². The molecule has 1 saturated heterocycles. The van der Waals surface area contributed by atoms with Crippen LogP contribution >= 0.6 is 11.3 Å². The van der Waals surface area contributed by atoms with Crippen LogP contribution < -0.4 is 5.32 Å². The lowest BCUT2D eigenvalue weighted by Crippen LogP contribution is -2.59. The number of rotatable bonds is 5. The number of nitrogens with one attached hydrogen (secondary N) is 1. The average molecular weight is 339 g/mol. The Balaban J connectivity index is 2.03. The second kappa shape index (κ2) is 7.23. The van der Waals surface area contributed by atoms with Crippen LogP contribution in [-0.2, 0) is 20.8 Å². The monoisotopic (exact) mass is 339 g/mol. The van der Waals surface area contributed by atoms with Crippen LogP contribution in [0, 0.1) is 0 Å². The zero-order valence-electron chi connectivity index (χ0n) is 12.5. The van der Waals surface area contributed by atoms with E-state index in [4.69, 9.17) is 0 Å². The number of imide groups is 1. The molecule has 2 rings (SSSR count). The van der Waals surface area contributed by atoms with Gasteiger partial charge in [-0.15, -0.1) is 11.3 Å². The Bertz CT molecular complexity index is 616. The molecule has 1 unspecified atom stereocenters. The van der Waals surface area contributed by atoms with Crippen molar-refractivity contribution in [1.82, 2.24) is 15.1 Å². The standard InChI is InChI=1S/C14H17N3O5S/c1-2-16-5-6-17(12(19)11(16)18)14(22)15-10(13(20)21)8-9-4-3-7-23-9/h3-4,7,10H,2,5-6,8H2,1H3,(H,15,22)(H,20,21). The summed E-state index contributed by atoms with van der Waals surface area (Å²) in [5, 5.41) is 13.3. The van der Waals surface area contributed by atoms with Gasteiger partial charge in [0, 0.05) is 30.9 Å². The van der Waals surface area contributed by atoms with Crippen molar-refractivity contribution < 1.29 is 24.3 Å². The van der Waals surface area contributed by atoms with Crippen molar-refractivity contribution in [2.45, 2.75) is 19.4 Å². The van der Waals surface area contributed by atoms with Gasteiger partial charge in [-0.2, -0.15) is 0 Å². The molecule has 0 aromatic carbocycles. The maximum atomic E-state index is 12.2. The number of hydrogen-bond donors (Lipinski definition) is 2. The normalized spacial score (nSPS) is 16.4. The van der Waals surface area contributed by atoms with E-state index in [9.17, 15) is 24.3 Å². The molecule has 0 spiro atoms. The minimum atomic E-state index is -1.20. The van der Waals surface area contributed by atoms with Crippen LogP contribution in [0.25, 0.3) is 0 Å². The van der Waals surface area contributed by atoms with Crippen LogP contribution in [-0.4, -0.2) is 64.4 Å². The van der Waals surface area contributed by atoms with E-state index in [0.29, 0.717) is 6.54 Å². The summed E-state index contributed by atoms with van der Waals surface area (Å²) in [6, 6.07) is 1.53. The number of carbonyl (C=O) groups excluding carboxylic acids is 3.